The van der Waals surface area contributed by atoms with Crippen LogP contribution in [-0.4, -0.2) is 24.5 Å². The van der Waals surface area contributed by atoms with E-state index in [9.17, 15) is 0 Å². The van der Waals surface area contributed by atoms with Crippen LogP contribution in [0.5, 0.6) is 0 Å². The number of imidazole rings is 1. The third kappa shape index (κ3) is 2.89. The van der Waals surface area contributed by atoms with Crippen molar-refractivity contribution in [2.75, 3.05) is 0 Å². The molecule has 0 spiro atoms. The highest BCUT2D eigenvalue weighted by molar-refractivity contribution is 5.86. The average Bonchev–Trinajstić information content (AvgIpc) is 3.22. The van der Waals surface area contributed by atoms with Gasteiger partial charge in [-0.25, -0.2) is 15.0 Å². The lowest BCUT2D eigenvalue weighted by Gasteiger charge is -2.15. The molecule has 142 valence electrons. The Morgan fingerprint density at radius 2 is 1.83 bits per heavy atom. The van der Waals surface area contributed by atoms with Gasteiger partial charge >= 0.3 is 0 Å². The molecule has 0 unspecified atom stereocenters. The monoisotopic (exact) mass is 380 g/mol. The first-order valence-corrected chi connectivity index (χ1v) is 9.50. The van der Waals surface area contributed by atoms with Gasteiger partial charge in [0, 0.05) is 10.9 Å². The van der Waals surface area contributed by atoms with E-state index in [0.29, 0.717) is 17.7 Å². The Bertz CT molecular complexity index is 1430. The highest BCUT2D eigenvalue weighted by Crippen LogP contribution is 2.30. The van der Waals surface area contributed by atoms with E-state index in [1.807, 2.05) is 16.7 Å². The maximum atomic E-state index is 7.99. The summed E-state index contributed by atoms with van der Waals surface area (Å²) < 4.78 is 1.96. The number of benzene rings is 2. The average molecular weight is 380 g/mol. The number of H-pyrrole nitrogens is 1. The number of hydrogen-bond acceptors (Lipinski definition) is 4. The zero-order valence-electron chi connectivity index (χ0n) is 16.3. The predicted octanol–water partition coefficient (Wildman–Crippen LogP) is 4.12. The smallest absolute Gasteiger partial charge is 0.173 e. The molecule has 6 nitrogen and oxygen atoms in total. The zero-order chi connectivity index (χ0) is 20.0. The number of rotatable bonds is 3. The van der Waals surface area contributed by atoms with Gasteiger partial charge in [0.25, 0.3) is 0 Å². The minimum Gasteiger partial charge on any atom is -0.340 e. The summed E-state index contributed by atoms with van der Waals surface area (Å²) in [4.78, 5) is 16.7. The van der Waals surface area contributed by atoms with Crippen LogP contribution in [-0.2, 0) is 6.54 Å². The van der Waals surface area contributed by atoms with E-state index in [4.69, 9.17) is 10.4 Å². The summed E-state index contributed by atoms with van der Waals surface area (Å²) in [5, 5.41) is 9.10. The largest absolute Gasteiger partial charge is 0.340 e. The summed E-state index contributed by atoms with van der Waals surface area (Å²) in [6.45, 7) is 4.77. The molecule has 0 aliphatic heterocycles. The molecule has 0 atom stereocenters. The first-order chi connectivity index (χ1) is 14.1. The molecule has 2 N–H and O–H groups in total. The van der Waals surface area contributed by atoms with Gasteiger partial charge in [-0.2, -0.15) is 0 Å². The van der Waals surface area contributed by atoms with Crippen molar-refractivity contribution in [2.45, 2.75) is 20.4 Å². The fourth-order valence-electron chi connectivity index (χ4n) is 3.81. The summed E-state index contributed by atoms with van der Waals surface area (Å²) in [5.41, 5.74) is 8.08. The third-order valence-corrected chi connectivity index (χ3v) is 5.32. The minimum atomic E-state index is 0.195. The summed E-state index contributed by atoms with van der Waals surface area (Å²) in [7, 11) is 0. The number of hydrogen-bond donors (Lipinski definition) is 2. The number of fused-ring (bicyclic) bond motifs is 2. The second-order valence-corrected chi connectivity index (χ2v) is 7.28. The summed E-state index contributed by atoms with van der Waals surface area (Å²) in [6.07, 6.45) is 3.28. The highest BCUT2D eigenvalue weighted by atomic mass is 15.1. The van der Waals surface area contributed by atoms with Gasteiger partial charge in [0.1, 0.15) is 5.52 Å². The molecule has 3 aromatic heterocycles. The lowest BCUT2D eigenvalue weighted by molar-refractivity contribution is 0.783. The second-order valence-electron chi connectivity index (χ2n) is 7.28. The van der Waals surface area contributed by atoms with Crippen molar-refractivity contribution in [3.63, 3.8) is 0 Å². The third-order valence-electron chi connectivity index (χ3n) is 5.32. The van der Waals surface area contributed by atoms with Gasteiger partial charge in [-0.3, -0.25) is 5.41 Å². The van der Waals surface area contributed by atoms with Gasteiger partial charge in [0.15, 0.2) is 11.1 Å². The van der Waals surface area contributed by atoms with Crippen LogP contribution < -0.4 is 5.49 Å². The molecule has 0 saturated heterocycles. The first kappa shape index (κ1) is 17.3. The SMILES string of the molecule is Cc1ccccc1-c1nc2c(C)cccc2cc1Cn1cnc(=N)c2[nH]cnc21. The molecule has 0 fully saturated rings. The van der Waals surface area contributed by atoms with E-state index in [-0.39, 0.29) is 5.49 Å². The summed E-state index contributed by atoms with van der Waals surface area (Å²) in [6, 6.07) is 16.8. The lowest BCUT2D eigenvalue weighted by Crippen LogP contribution is -2.14. The molecule has 0 saturated carbocycles. The number of aryl methyl sites for hydroxylation is 2. The topological polar surface area (TPSA) is 83.2 Å². The molecule has 0 amide bonds. The number of aromatic amines is 1. The van der Waals surface area contributed by atoms with Crippen LogP contribution in [0.15, 0.2) is 61.2 Å². The van der Waals surface area contributed by atoms with Gasteiger partial charge < -0.3 is 9.55 Å². The number of pyridine rings is 1. The quantitative estimate of drug-likeness (QED) is 0.494. The van der Waals surface area contributed by atoms with Gasteiger partial charge in [0.05, 0.1) is 30.4 Å². The fraction of sp³-hybridized carbons (Fsp3) is 0.130. The first-order valence-electron chi connectivity index (χ1n) is 9.50. The molecule has 0 radical (unpaired) electrons. The molecule has 0 bridgehead atoms. The Morgan fingerprint density at radius 3 is 2.69 bits per heavy atom. The second kappa shape index (κ2) is 6.67. The van der Waals surface area contributed by atoms with Crippen LogP contribution in [0, 0.1) is 19.3 Å². The normalized spacial score (nSPS) is 11.4. The molecule has 5 rings (SSSR count). The van der Waals surface area contributed by atoms with Crippen molar-refractivity contribution in [1.29, 1.82) is 5.41 Å². The van der Waals surface area contributed by atoms with Crippen LogP contribution in [0.3, 0.4) is 0 Å². The summed E-state index contributed by atoms with van der Waals surface area (Å²) >= 11 is 0. The molecular weight excluding hydrogens is 360 g/mol. The van der Waals surface area contributed by atoms with Crippen molar-refractivity contribution in [1.82, 2.24) is 24.5 Å². The fourth-order valence-corrected chi connectivity index (χ4v) is 3.81. The molecule has 29 heavy (non-hydrogen) atoms. The van der Waals surface area contributed by atoms with Crippen LogP contribution in [0.25, 0.3) is 33.3 Å². The van der Waals surface area contributed by atoms with Gasteiger partial charge in [-0.05, 0) is 36.6 Å². The van der Waals surface area contributed by atoms with E-state index >= 15 is 0 Å². The van der Waals surface area contributed by atoms with Crippen LogP contribution >= 0.6 is 0 Å². The maximum absolute atomic E-state index is 7.99. The molecule has 2 aromatic carbocycles. The van der Waals surface area contributed by atoms with Crippen LogP contribution in [0.4, 0.5) is 0 Å². The van der Waals surface area contributed by atoms with Gasteiger partial charge in [0.2, 0.25) is 0 Å². The molecule has 3 heterocycles. The number of aromatic nitrogens is 5. The van der Waals surface area contributed by atoms with Gasteiger partial charge in [-0.1, -0.05) is 42.5 Å². The van der Waals surface area contributed by atoms with Crippen LogP contribution in [0.2, 0.25) is 0 Å². The Balaban J connectivity index is 1.76. The molecule has 0 aliphatic rings. The lowest BCUT2D eigenvalue weighted by atomic mass is 9.98. The van der Waals surface area contributed by atoms with E-state index in [1.165, 1.54) is 5.56 Å². The van der Waals surface area contributed by atoms with Crippen molar-refractivity contribution in [3.8, 4) is 11.3 Å². The van der Waals surface area contributed by atoms with Crippen molar-refractivity contribution in [3.05, 3.63) is 83.4 Å². The predicted molar refractivity (Wildman–Crippen MR) is 113 cm³/mol. The van der Waals surface area contributed by atoms with Crippen molar-refractivity contribution < 1.29 is 0 Å². The van der Waals surface area contributed by atoms with Gasteiger partial charge in [-0.15, -0.1) is 0 Å². The zero-order valence-corrected chi connectivity index (χ0v) is 16.3. The molecule has 5 aromatic rings. The van der Waals surface area contributed by atoms with E-state index in [0.717, 1.165) is 33.3 Å². The Morgan fingerprint density at radius 1 is 1.00 bits per heavy atom. The van der Waals surface area contributed by atoms with Crippen molar-refractivity contribution in [2.24, 2.45) is 0 Å². The number of nitrogens with zero attached hydrogens (tertiary/aromatic N) is 4. The molecule has 0 aliphatic carbocycles. The Hall–Kier alpha value is -3.80. The minimum absolute atomic E-state index is 0.195. The van der Waals surface area contributed by atoms with E-state index in [1.54, 1.807) is 12.7 Å². The Kier molecular flexibility index (Phi) is 3.98. The highest BCUT2D eigenvalue weighted by Gasteiger charge is 2.14. The molecular formula is C23H20N6. The summed E-state index contributed by atoms with van der Waals surface area (Å²) in [5.74, 6) is 0. The van der Waals surface area contributed by atoms with Crippen molar-refractivity contribution >= 4 is 22.1 Å². The Labute approximate surface area is 167 Å². The van der Waals surface area contributed by atoms with E-state index < -0.39 is 0 Å². The standard InChI is InChI=1S/C23H20N6/c1-14-6-3-4-9-18(14)20-17(10-16-8-5-7-15(2)19(16)28-20)11-29-13-27-22(24)21-23(29)26-12-25-21/h3-10,12-13,24H,11H2,1-2H3,(H,25,26). The number of para-hydroxylation sites is 1. The number of nitrogens with one attached hydrogen (secondary N) is 2. The molecule has 6 heteroatoms. The van der Waals surface area contributed by atoms with Crippen LogP contribution in [0.1, 0.15) is 16.7 Å². The van der Waals surface area contributed by atoms with E-state index in [2.05, 4.69) is 65.2 Å². The maximum Gasteiger partial charge on any atom is 0.173 e.